The van der Waals surface area contributed by atoms with Crippen molar-refractivity contribution in [2.24, 2.45) is 0 Å². The normalized spacial score (nSPS) is 14.0. The smallest absolute Gasteiger partial charge is 0.349 e. The Morgan fingerprint density at radius 1 is 1.07 bits per heavy atom. The molecule has 0 radical (unpaired) electrons. The predicted octanol–water partition coefficient (Wildman–Crippen LogP) is 3.93. The molecule has 1 aliphatic rings. The number of nitrogens with zero attached hydrogens (tertiary/aromatic N) is 3. The second-order valence-corrected chi connectivity index (χ2v) is 10.4. The van der Waals surface area contributed by atoms with Crippen LogP contribution in [0.4, 0.5) is 0 Å². The van der Waals surface area contributed by atoms with Crippen LogP contribution in [0.3, 0.4) is 0 Å². The Bertz CT molecular complexity index is 1300. The quantitative estimate of drug-likeness (QED) is 0.195. The van der Waals surface area contributed by atoms with Crippen molar-refractivity contribution in [1.29, 1.82) is 0 Å². The summed E-state index contributed by atoms with van der Waals surface area (Å²) >= 11 is 0. The fourth-order valence-electron chi connectivity index (χ4n) is 4.78. The van der Waals surface area contributed by atoms with Gasteiger partial charge in [0.2, 0.25) is 0 Å². The molecule has 0 amide bonds. The van der Waals surface area contributed by atoms with Crippen LogP contribution in [0.1, 0.15) is 83.4 Å². The van der Waals surface area contributed by atoms with Crippen molar-refractivity contribution in [3.8, 4) is 5.75 Å². The second kappa shape index (κ2) is 14.6. The average Bonchev–Trinajstić information content (AvgIpc) is 3.45. The number of hydrogen-bond donors (Lipinski definition) is 0. The van der Waals surface area contributed by atoms with Gasteiger partial charge in [-0.05, 0) is 77.5 Å². The van der Waals surface area contributed by atoms with Gasteiger partial charge in [-0.25, -0.2) is 19.1 Å². The summed E-state index contributed by atoms with van der Waals surface area (Å²) in [5.74, 6) is -0.313. The molecule has 10 heteroatoms. The minimum Gasteiger partial charge on any atom is -0.476 e. The third-order valence-electron chi connectivity index (χ3n) is 6.84. The third-order valence-corrected chi connectivity index (χ3v) is 6.84. The molecule has 0 atom stereocenters. The molecular formula is C30H41N3O7. The monoisotopic (exact) mass is 555 g/mol. The third kappa shape index (κ3) is 8.40. The number of carbonyl (C=O) groups excluding carboxylic acids is 2. The summed E-state index contributed by atoms with van der Waals surface area (Å²) in [6.45, 7) is 7.70. The van der Waals surface area contributed by atoms with Crippen LogP contribution in [-0.4, -0.2) is 45.1 Å². The maximum Gasteiger partial charge on any atom is 0.349 e. The number of benzene rings is 1. The van der Waals surface area contributed by atoms with E-state index in [0.717, 1.165) is 48.7 Å². The van der Waals surface area contributed by atoms with Crippen LogP contribution < -0.4 is 16.0 Å². The maximum atomic E-state index is 13.2. The Hall–Kier alpha value is -3.69. The standard InChI is InChI=1S/C30H41N3O7/c1-5-38-25(34)18-12-19-32-27(35)26(23-15-7-8-16-23)31-33(29(32)37)20-10-9-13-22-14-11-17-24(21-22)40-30(3,4)28(36)39-6-2/h11-12,14,17-18,21,23H,5-10,13,15-16,19-20H2,1-4H3. The van der Waals surface area contributed by atoms with Crippen LogP contribution in [0.15, 0.2) is 46.0 Å². The van der Waals surface area contributed by atoms with E-state index in [-0.39, 0.29) is 31.2 Å². The van der Waals surface area contributed by atoms with Gasteiger partial charge in [0.05, 0.1) is 13.2 Å². The van der Waals surface area contributed by atoms with E-state index in [4.69, 9.17) is 14.2 Å². The Morgan fingerprint density at radius 2 is 1.80 bits per heavy atom. The van der Waals surface area contributed by atoms with Crippen LogP contribution in [0.25, 0.3) is 0 Å². The molecule has 1 aromatic carbocycles. The van der Waals surface area contributed by atoms with E-state index in [0.29, 0.717) is 24.4 Å². The van der Waals surface area contributed by atoms with Gasteiger partial charge in [-0.15, -0.1) is 0 Å². The number of carbonyl (C=O) groups is 2. The Labute approximate surface area is 234 Å². The van der Waals surface area contributed by atoms with Gasteiger partial charge in [-0.3, -0.25) is 9.36 Å². The average molecular weight is 556 g/mol. The summed E-state index contributed by atoms with van der Waals surface area (Å²) in [6.07, 6.45) is 8.73. The first-order valence-corrected chi connectivity index (χ1v) is 14.2. The van der Waals surface area contributed by atoms with E-state index in [1.165, 1.54) is 16.8 Å². The first-order valence-electron chi connectivity index (χ1n) is 14.2. The summed E-state index contributed by atoms with van der Waals surface area (Å²) in [7, 11) is 0. The molecule has 0 bridgehead atoms. The molecule has 218 valence electrons. The van der Waals surface area contributed by atoms with E-state index < -0.39 is 23.2 Å². The van der Waals surface area contributed by atoms with Crippen LogP contribution in [0.2, 0.25) is 0 Å². The van der Waals surface area contributed by atoms with Crippen molar-refractivity contribution in [2.45, 2.75) is 97.2 Å². The minimum atomic E-state index is -1.10. The zero-order valence-corrected chi connectivity index (χ0v) is 24.0. The first-order chi connectivity index (χ1) is 19.2. The van der Waals surface area contributed by atoms with Crippen LogP contribution >= 0.6 is 0 Å². The van der Waals surface area contributed by atoms with Crippen LogP contribution in [-0.2, 0) is 38.6 Å². The van der Waals surface area contributed by atoms with Gasteiger partial charge in [-0.1, -0.05) is 31.1 Å². The van der Waals surface area contributed by atoms with E-state index in [2.05, 4.69) is 5.10 Å². The van der Waals surface area contributed by atoms with Crippen molar-refractivity contribution in [3.05, 3.63) is 68.5 Å². The largest absolute Gasteiger partial charge is 0.476 e. The number of esters is 2. The van der Waals surface area contributed by atoms with Gasteiger partial charge in [-0.2, -0.15) is 5.10 Å². The number of ether oxygens (including phenoxy) is 3. The molecule has 1 heterocycles. The van der Waals surface area contributed by atoms with Crippen molar-refractivity contribution in [1.82, 2.24) is 14.3 Å². The van der Waals surface area contributed by atoms with Gasteiger partial charge in [0.1, 0.15) is 11.4 Å². The molecule has 2 aromatic rings. The summed E-state index contributed by atoms with van der Waals surface area (Å²) in [5.41, 5.74) is -0.512. The van der Waals surface area contributed by atoms with Gasteiger partial charge in [0.15, 0.2) is 5.60 Å². The lowest BCUT2D eigenvalue weighted by Crippen LogP contribution is -2.43. The van der Waals surface area contributed by atoms with Gasteiger partial charge < -0.3 is 14.2 Å². The zero-order chi connectivity index (χ0) is 29.1. The highest BCUT2D eigenvalue weighted by Crippen LogP contribution is 2.31. The fourth-order valence-corrected chi connectivity index (χ4v) is 4.78. The fraction of sp³-hybridized carbons (Fsp3) is 0.567. The topological polar surface area (TPSA) is 119 Å². The molecule has 1 fully saturated rings. The highest BCUT2D eigenvalue weighted by Gasteiger charge is 2.31. The molecule has 0 saturated heterocycles. The summed E-state index contributed by atoms with van der Waals surface area (Å²) in [4.78, 5) is 50.1. The SMILES string of the molecule is CCOC(=O)C=CCn1c(=O)c(C2CCCC2)nn(CCCCc2cccc(OC(C)(C)C(=O)OCC)c2)c1=O. The minimum absolute atomic E-state index is 0.0202. The molecule has 0 N–H and O–H groups in total. The molecule has 0 aliphatic heterocycles. The van der Waals surface area contributed by atoms with Crippen molar-refractivity contribution >= 4 is 11.9 Å². The highest BCUT2D eigenvalue weighted by molar-refractivity contribution is 5.81. The summed E-state index contributed by atoms with van der Waals surface area (Å²) < 4.78 is 18.4. The Kier molecular flexibility index (Phi) is 11.3. The molecule has 1 saturated carbocycles. The van der Waals surface area contributed by atoms with Gasteiger partial charge >= 0.3 is 17.6 Å². The van der Waals surface area contributed by atoms with Crippen molar-refractivity contribution in [2.75, 3.05) is 13.2 Å². The number of allylic oxidation sites excluding steroid dienone is 1. The lowest BCUT2D eigenvalue weighted by Gasteiger charge is -2.24. The number of unbranched alkanes of at least 4 members (excludes halogenated alkanes) is 1. The number of aryl methyl sites for hydroxylation is 2. The van der Waals surface area contributed by atoms with E-state index in [9.17, 15) is 19.2 Å². The van der Waals surface area contributed by atoms with Gasteiger partial charge in [0, 0.05) is 25.1 Å². The molecular weight excluding hydrogens is 514 g/mol. The van der Waals surface area contributed by atoms with E-state index in [1.807, 2.05) is 18.2 Å². The molecule has 0 spiro atoms. The highest BCUT2D eigenvalue weighted by atomic mass is 16.6. The molecule has 1 aliphatic carbocycles. The molecule has 0 unspecified atom stereocenters. The number of rotatable bonds is 14. The molecule has 1 aromatic heterocycles. The Morgan fingerprint density at radius 3 is 2.50 bits per heavy atom. The first kappa shape index (κ1) is 30.8. The zero-order valence-electron chi connectivity index (χ0n) is 24.0. The van der Waals surface area contributed by atoms with Crippen molar-refractivity contribution < 1.29 is 23.8 Å². The number of hydrogen-bond acceptors (Lipinski definition) is 8. The summed E-state index contributed by atoms with van der Waals surface area (Å²) in [6, 6.07) is 7.58. The van der Waals surface area contributed by atoms with E-state index >= 15 is 0 Å². The Balaban J connectivity index is 1.68. The molecule has 40 heavy (non-hydrogen) atoms. The second-order valence-electron chi connectivity index (χ2n) is 10.4. The molecule has 10 nitrogen and oxygen atoms in total. The molecule has 3 rings (SSSR count). The summed E-state index contributed by atoms with van der Waals surface area (Å²) in [5, 5.41) is 4.51. The maximum absolute atomic E-state index is 13.2. The van der Waals surface area contributed by atoms with Crippen LogP contribution in [0.5, 0.6) is 5.75 Å². The predicted molar refractivity (Wildman–Crippen MR) is 150 cm³/mol. The van der Waals surface area contributed by atoms with Gasteiger partial charge in [0.25, 0.3) is 5.56 Å². The van der Waals surface area contributed by atoms with Crippen molar-refractivity contribution in [3.63, 3.8) is 0 Å². The van der Waals surface area contributed by atoms with E-state index in [1.54, 1.807) is 33.8 Å². The lowest BCUT2D eigenvalue weighted by atomic mass is 10.0. The van der Waals surface area contributed by atoms with Crippen LogP contribution in [0, 0.1) is 0 Å². The lowest BCUT2D eigenvalue weighted by molar-refractivity contribution is -0.158. The number of aromatic nitrogens is 3.